The lowest BCUT2D eigenvalue weighted by atomic mass is 9.96. The van der Waals surface area contributed by atoms with Crippen LogP contribution in [-0.4, -0.2) is 37.6 Å². The zero-order valence-corrected chi connectivity index (χ0v) is 12.4. The number of nitrogens with zero attached hydrogens (tertiary/aromatic N) is 1. The van der Waals surface area contributed by atoms with Crippen molar-refractivity contribution in [2.45, 2.75) is 26.2 Å². The molecule has 1 saturated heterocycles. The summed E-state index contributed by atoms with van der Waals surface area (Å²) in [7, 11) is 1.67. The van der Waals surface area contributed by atoms with Crippen LogP contribution in [0.25, 0.3) is 0 Å². The molecule has 1 fully saturated rings. The van der Waals surface area contributed by atoms with Gasteiger partial charge in [-0.05, 0) is 43.4 Å². The lowest BCUT2D eigenvalue weighted by molar-refractivity contribution is -0.134. The zero-order valence-electron chi connectivity index (χ0n) is 12.4. The van der Waals surface area contributed by atoms with Crippen LogP contribution in [-0.2, 0) is 11.2 Å². The second-order valence-electron chi connectivity index (χ2n) is 5.47. The maximum atomic E-state index is 12.4. The third-order valence-electron chi connectivity index (χ3n) is 3.99. The van der Waals surface area contributed by atoms with Gasteiger partial charge >= 0.3 is 0 Å². The van der Waals surface area contributed by atoms with Gasteiger partial charge in [-0.25, -0.2) is 0 Å². The Bertz CT molecular complexity index is 468. The summed E-state index contributed by atoms with van der Waals surface area (Å²) in [6.45, 7) is 4.19. The van der Waals surface area contributed by atoms with E-state index in [1.165, 1.54) is 0 Å². The van der Waals surface area contributed by atoms with E-state index in [1.54, 1.807) is 7.11 Å². The average molecular weight is 276 g/mol. The van der Waals surface area contributed by atoms with Gasteiger partial charge in [0.1, 0.15) is 5.75 Å². The molecular weight excluding hydrogens is 252 g/mol. The van der Waals surface area contributed by atoms with Gasteiger partial charge < -0.3 is 15.4 Å². The van der Waals surface area contributed by atoms with Crippen molar-refractivity contribution in [3.05, 3.63) is 29.3 Å². The molecule has 0 aliphatic carbocycles. The Morgan fingerprint density at radius 1 is 1.40 bits per heavy atom. The molecule has 110 valence electrons. The van der Waals surface area contributed by atoms with Crippen molar-refractivity contribution in [3.8, 4) is 5.75 Å². The minimum atomic E-state index is -0.110. The number of methoxy groups -OCH3 is 1. The predicted molar refractivity (Wildman–Crippen MR) is 79.8 cm³/mol. The van der Waals surface area contributed by atoms with Crippen LogP contribution < -0.4 is 10.5 Å². The van der Waals surface area contributed by atoms with Crippen LogP contribution in [0.4, 0.5) is 0 Å². The number of carbonyl (C=O) groups excluding carboxylic acids is 1. The SMILES string of the molecule is COc1ccc(CC(CN)C(=O)N2CCCC2)cc1C. The minimum Gasteiger partial charge on any atom is -0.496 e. The fourth-order valence-electron chi connectivity index (χ4n) is 2.82. The van der Waals surface area contributed by atoms with Crippen molar-refractivity contribution >= 4 is 5.91 Å². The van der Waals surface area contributed by atoms with Crippen LogP contribution in [0.3, 0.4) is 0 Å². The highest BCUT2D eigenvalue weighted by Crippen LogP contribution is 2.21. The van der Waals surface area contributed by atoms with Gasteiger partial charge in [-0.3, -0.25) is 4.79 Å². The molecule has 1 amide bonds. The number of benzene rings is 1. The number of aryl methyl sites for hydroxylation is 1. The predicted octanol–water partition coefficient (Wildman–Crippen LogP) is 1.74. The van der Waals surface area contributed by atoms with E-state index in [0.29, 0.717) is 13.0 Å². The highest BCUT2D eigenvalue weighted by Gasteiger charge is 2.25. The molecule has 1 unspecified atom stereocenters. The number of hydrogen-bond donors (Lipinski definition) is 1. The summed E-state index contributed by atoms with van der Waals surface area (Å²) < 4.78 is 5.26. The number of nitrogens with two attached hydrogens (primary N) is 1. The number of likely N-dealkylation sites (tertiary alicyclic amines) is 1. The van der Waals surface area contributed by atoms with Crippen LogP contribution in [0.5, 0.6) is 5.75 Å². The van der Waals surface area contributed by atoms with E-state index in [-0.39, 0.29) is 11.8 Å². The van der Waals surface area contributed by atoms with E-state index < -0.39 is 0 Å². The van der Waals surface area contributed by atoms with Crippen molar-refractivity contribution in [2.75, 3.05) is 26.7 Å². The van der Waals surface area contributed by atoms with E-state index in [0.717, 1.165) is 42.8 Å². The molecule has 20 heavy (non-hydrogen) atoms. The molecule has 0 radical (unpaired) electrons. The molecule has 2 rings (SSSR count). The maximum Gasteiger partial charge on any atom is 0.227 e. The van der Waals surface area contributed by atoms with Gasteiger partial charge in [0.15, 0.2) is 0 Å². The molecule has 1 aromatic carbocycles. The quantitative estimate of drug-likeness (QED) is 0.891. The lowest BCUT2D eigenvalue weighted by Gasteiger charge is -2.22. The summed E-state index contributed by atoms with van der Waals surface area (Å²) in [6.07, 6.45) is 2.94. The average Bonchev–Trinajstić information content (AvgIpc) is 2.98. The van der Waals surface area contributed by atoms with Crippen molar-refractivity contribution < 1.29 is 9.53 Å². The number of amides is 1. The largest absolute Gasteiger partial charge is 0.496 e. The highest BCUT2D eigenvalue weighted by atomic mass is 16.5. The van der Waals surface area contributed by atoms with E-state index in [2.05, 4.69) is 6.07 Å². The molecule has 1 aromatic rings. The van der Waals surface area contributed by atoms with Gasteiger partial charge in [0.2, 0.25) is 5.91 Å². The standard InChI is InChI=1S/C16H24N2O2/c1-12-9-13(5-6-15(12)20-2)10-14(11-17)16(19)18-7-3-4-8-18/h5-6,9,14H,3-4,7-8,10-11,17H2,1-2H3. The zero-order chi connectivity index (χ0) is 14.5. The number of carbonyl (C=O) groups is 1. The Labute approximate surface area is 120 Å². The summed E-state index contributed by atoms with van der Waals surface area (Å²) in [5.41, 5.74) is 8.05. The first-order valence-electron chi connectivity index (χ1n) is 7.28. The summed E-state index contributed by atoms with van der Waals surface area (Å²) >= 11 is 0. The summed E-state index contributed by atoms with van der Waals surface area (Å²) in [4.78, 5) is 14.4. The molecule has 1 heterocycles. The molecule has 1 aliphatic heterocycles. The summed E-state index contributed by atoms with van der Waals surface area (Å²) in [6, 6.07) is 6.06. The van der Waals surface area contributed by atoms with Crippen LogP contribution in [0, 0.1) is 12.8 Å². The van der Waals surface area contributed by atoms with Gasteiger partial charge in [-0.2, -0.15) is 0 Å². The smallest absolute Gasteiger partial charge is 0.227 e. The first-order chi connectivity index (χ1) is 9.65. The molecule has 1 aliphatic rings. The van der Waals surface area contributed by atoms with Gasteiger partial charge in [-0.15, -0.1) is 0 Å². The van der Waals surface area contributed by atoms with Crippen molar-refractivity contribution in [2.24, 2.45) is 11.7 Å². The van der Waals surface area contributed by atoms with Crippen molar-refractivity contribution in [1.29, 1.82) is 0 Å². The van der Waals surface area contributed by atoms with Crippen LogP contribution in [0.15, 0.2) is 18.2 Å². The topological polar surface area (TPSA) is 55.6 Å². The first kappa shape index (κ1) is 14.9. The number of rotatable bonds is 5. The van der Waals surface area contributed by atoms with E-state index in [4.69, 9.17) is 10.5 Å². The van der Waals surface area contributed by atoms with E-state index in [9.17, 15) is 4.79 Å². The lowest BCUT2D eigenvalue weighted by Crippen LogP contribution is -2.38. The molecule has 1 atom stereocenters. The third kappa shape index (κ3) is 3.31. The van der Waals surface area contributed by atoms with E-state index in [1.807, 2.05) is 24.0 Å². The molecule has 2 N–H and O–H groups in total. The van der Waals surface area contributed by atoms with Crippen molar-refractivity contribution in [3.63, 3.8) is 0 Å². The molecular formula is C16H24N2O2. The van der Waals surface area contributed by atoms with Gasteiger partial charge in [-0.1, -0.05) is 12.1 Å². The van der Waals surface area contributed by atoms with Gasteiger partial charge in [0.25, 0.3) is 0 Å². The third-order valence-corrected chi connectivity index (χ3v) is 3.99. The van der Waals surface area contributed by atoms with Gasteiger partial charge in [0, 0.05) is 19.6 Å². The molecule has 4 nitrogen and oxygen atoms in total. The van der Waals surface area contributed by atoms with Crippen LogP contribution >= 0.6 is 0 Å². The molecule has 0 aromatic heterocycles. The molecule has 4 heteroatoms. The second-order valence-corrected chi connectivity index (χ2v) is 5.47. The number of hydrogen-bond acceptors (Lipinski definition) is 3. The number of ether oxygens (including phenoxy) is 1. The Balaban J connectivity index is 2.05. The second kappa shape index (κ2) is 6.75. The Hall–Kier alpha value is -1.55. The highest BCUT2D eigenvalue weighted by molar-refractivity contribution is 5.79. The van der Waals surface area contributed by atoms with Crippen LogP contribution in [0.1, 0.15) is 24.0 Å². The Kier molecular flexibility index (Phi) is 5.01. The monoisotopic (exact) mass is 276 g/mol. The maximum absolute atomic E-state index is 12.4. The molecule has 0 saturated carbocycles. The summed E-state index contributed by atoms with van der Waals surface area (Å²) in [5, 5.41) is 0. The molecule has 0 spiro atoms. The van der Waals surface area contributed by atoms with Crippen LogP contribution in [0.2, 0.25) is 0 Å². The minimum absolute atomic E-state index is 0.110. The first-order valence-corrected chi connectivity index (χ1v) is 7.28. The fraction of sp³-hybridized carbons (Fsp3) is 0.562. The fourth-order valence-corrected chi connectivity index (χ4v) is 2.82. The van der Waals surface area contributed by atoms with Gasteiger partial charge in [0.05, 0.1) is 13.0 Å². The normalized spacial score (nSPS) is 16.2. The molecule has 0 bridgehead atoms. The summed E-state index contributed by atoms with van der Waals surface area (Å²) in [5.74, 6) is 0.975. The Morgan fingerprint density at radius 3 is 2.65 bits per heavy atom. The van der Waals surface area contributed by atoms with Crippen molar-refractivity contribution in [1.82, 2.24) is 4.90 Å². The van der Waals surface area contributed by atoms with E-state index >= 15 is 0 Å². The Morgan fingerprint density at radius 2 is 2.10 bits per heavy atom.